The summed E-state index contributed by atoms with van der Waals surface area (Å²) in [5.41, 5.74) is 12.9. The largest absolute Gasteiger partial charge is 0.368 e. The van der Waals surface area contributed by atoms with Gasteiger partial charge in [-0.3, -0.25) is 24.0 Å². The summed E-state index contributed by atoms with van der Waals surface area (Å²) in [7, 11) is 0. The molecule has 0 spiro atoms. The van der Waals surface area contributed by atoms with Gasteiger partial charge in [-0.1, -0.05) is 84.0 Å². The molecule has 0 saturated carbocycles. The Kier molecular flexibility index (Phi) is 15.5. The van der Waals surface area contributed by atoms with Crippen LogP contribution in [0.5, 0.6) is 0 Å². The molecule has 0 aromatic heterocycles. The summed E-state index contributed by atoms with van der Waals surface area (Å²) in [5, 5.41) is 10.9. The van der Waals surface area contributed by atoms with Gasteiger partial charge in [0.1, 0.15) is 30.0 Å². The Balaban J connectivity index is 2.37. The van der Waals surface area contributed by atoms with Crippen LogP contribution in [0.3, 0.4) is 0 Å². The van der Waals surface area contributed by atoms with Crippen molar-refractivity contribution in [2.45, 2.75) is 97.4 Å². The average Bonchev–Trinajstić information content (AvgIpc) is 2.99. The van der Waals surface area contributed by atoms with Gasteiger partial charge in [-0.25, -0.2) is 4.39 Å². The van der Waals surface area contributed by atoms with Crippen LogP contribution >= 0.6 is 0 Å². The molecule has 2 aromatic rings. The predicted octanol–water partition coefficient (Wildman–Crippen LogP) is 2.11. The van der Waals surface area contributed by atoms with Gasteiger partial charge >= 0.3 is 0 Å². The fourth-order valence-corrected chi connectivity index (χ4v) is 5.06. The molecule has 8 N–H and O–H groups in total. The van der Waals surface area contributed by atoms with Crippen LogP contribution < -0.4 is 32.7 Å². The van der Waals surface area contributed by atoms with Crippen molar-refractivity contribution in [1.29, 1.82) is 0 Å². The van der Waals surface area contributed by atoms with E-state index in [0.717, 1.165) is 5.56 Å². The van der Waals surface area contributed by atoms with Gasteiger partial charge in [0.2, 0.25) is 29.5 Å². The second-order valence-electron chi connectivity index (χ2n) is 13.2. The minimum atomic E-state index is -1.22. The number of amides is 5. The molecule has 5 amide bonds. The maximum Gasteiger partial charge on any atom is 0.243 e. The Hall–Kier alpha value is -4.32. The van der Waals surface area contributed by atoms with Gasteiger partial charge < -0.3 is 32.7 Å². The zero-order chi connectivity index (χ0) is 35.3. The second-order valence-corrected chi connectivity index (χ2v) is 13.2. The topological polar surface area (TPSA) is 186 Å². The van der Waals surface area contributed by atoms with Gasteiger partial charge in [0.25, 0.3) is 0 Å². The van der Waals surface area contributed by atoms with Crippen molar-refractivity contribution >= 4 is 29.5 Å². The number of rotatable bonds is 18. The van der Waals surface area contributed by atoms with Crippen LogP contribution in [-0.4, -0.2) is 59.7 Å². The molecule has 0 aliphatic carbocycles. The molecule has 47 heavy (non-hydrogen) atoms. The molecule has 0 radical (unpaired) electrons. The van der Waals surface area contributed by atoms with E-state index in [-0.39, 0.29) is 24.7 Å². The molecular formula is C35H51FN6O5. The molecule has 258 valence electrons. The highest BCUT2D eigenvalue weighted by atomic mass is 19.1. The number of benzene rings is 2. The van der Waals surface area contributed by atoms with Crippen LogP contribution in [0.4, 0.5) is 4.39 Å². The van der Waals surface area contributed by atoms with Crippen molar-refractivity contribution in [2.75, 3.05) is 0 Å². The summed E-state index contributed by atoms with van der Waals surface area (Å²) < 4.78 is 13.7. The molecule has 12 heteroatoms. The van der Waals surface area contributed by atoms with Crippen molar-refractivity contribution in [3.8, 4) is 0 Å². The van der Waals surface area contributed by atoms with Gasteiger partial charge in [0.05, 0.1) is 6.04 Å². The lowest BCUT2D eigenvalue weighted by atomic mass is 9.98. The first kappa shape index (κ1) is 38.9. The molecule has 0 heterocycles. The molecular weight excluding hydrogens is 603 g/mol. The van der Waals surface area contributed by atoms with Crippen LogP contribution in [-0.2, 0) is 36.8 Å². The Bertz CT molecular complexity index is 1340. The van der Waals surface area contributed by atoms with E-state index in [4.69, 9.17) is 11.5 Å². The summed E-state index contributed by atoms with van der Waals surface area (Å²) in [5.74, 6) is -3.77. The first-order valence-corrected chi connectivity index (χ1v) is 16.1. The van der Waals surface area contributed by atoms with Crippen LogP contribution in [0.25, 0.3) is 0 Å². The molecule has 2 aromatic carbocycles. The number of primary amides is 1. The summed E-state index contributed by atoms with van der Waals surface area (Å²) in [6.07, 6.45) is 0.811. The summed E-state index contributed by atoms with van der Waals surface area (Å²) in [6, 6.07) is 9.39. The Labute approximate surface area is 277 Å². The molecule has 0 unspecified atom stereocenters. The van der Waals surface area contributed by atoms with E-state index in [9.17, 15) is 28.4 Å². The monoisotopic (exact) mass is 654 g/mol. The Morgan fingerprint density at radius 3 is 1.57 bits per heavy atom. The van der Waals surface area contributed by atoms with Crippen LogP contribution in [0.2, 0.25) is 0 Å². The molecule has 2 rings (SSSR count). The fourth-order valence-electron chi connectivity index (χ4n) is 5.06. The molecule has 0 saturated heterocycles. The maximum atomic E-state index is 13.8. The van der Waals surface area contributed by atoms with E-state index in [1.165, 1.54) is 24.3 Å². The number of carbonyl (C=O) groups excluding carboxylic acids is 5. The fraction of sp³-hybridized carbons (Fsp3) is 0.514. The quantitative estimate of drug-likeness (QED) is 0.143. The summed E-state index contributed by atoms with van der Waals surface area (Å²) in [6.45, 7) is 11.1. The maximum absolute atomic E-state index is 13.8. The number of nitrogens with two attached hydrogens (primary N) is 2. The van der Waals surface area contributed by atoms with Crippen molar-refractivity contribution < 1.29 is 28.4 Å². The minimum absolute atomic E-state index is 0.0413. The molecule has 0 aliphatic rings. The Morgan fingerprint density at radius 2 is 1.09 bits per heavy atom. The smallest absolute Gasteiger partial charge is 0.243 e. The third-order valence-corrected chi connectivity index (χ3v) is 7.58. The van der Waals surface area contributed by atoms with Crippen molar-refractivity contribution in [3.63, 3.8) is 0 Å². The zero-order valence-electron chi connectivity index (χ0n) is 28.2. The van der Waals surface area contributed by atoms with Crippen LogP contribution in [0.15, 0.2) is 54.6 Å². The van der Waals surface area contributed by atoms with Gasteiger partial charge in [-0.2, -0.15) is 0 Å². The van der Waals surface area contributed by atoms with Crippen molar-refractivity contribution in [1.82, 2.24) is 21.3 Å². The number of halogens is 1. The highest BCUT2D eigenvalue weighted by Crippen LogP contribution is 2.12. The standard InChI is InChI=1S/C35H51FN6O5/c1-20(2)16-26(37)32(44)40-28(18-23-10-8-7-9-11-23)33(45)41-29(19-24-12-14-25(36)15-13-24)34(46)42-30(22(5)6)35(47)39-27(31(38)43)17-21(3)4/h7-15,20-22,26-30H,16-19,37H2,1-6H3,(H2,38,43)(H,39,47)(H,40,44)(H,41,45)(H,42,46)/t26-,27-,28-,29-,30-/m1/s1. The summed E-state index contributed by atoms with van der Waals surface area (Å²) >= 11 is 0. The van der Waals surface area contributed by atoms with Gasteiger partial charge in [0.15, 0.2) is 0 Å². The third kappa shape index (κ3) is 13.5. The van der Waals surface area contributed by atoms with E-state index in [1.54, 1.807) is 13.8 Å². The minimum Gasteiger partial charge on any atom is -0.368 e. The van der Waals surface area contributed by atoms with E-state index in [2.05, 4.69) is 21.3 Å². The number of carbonyl (C=O) groups is 5. The van der Waals surface area contributed by atoms with E-state index >= 15 is 0 Å². The molecule has 0 fully saturated rings. The van der Waals surface area contributed by atoms with Gasteiger partial charge in [-0.15, -0.1) is 0 Å². The van der Waals surface area contributed by atoms with E-state index in [0.29, 0.717) is 18.4 Å². The molecule has 0 bridgehead atoms. The van der Waals surface area contributed by atoms with Crippen molar-refractivity contribution in [3.05, 3.63) is 71.5 Å². The highest BCUT2D eigenvalue weighted by Gasteiger charge is 2.33. The summed E-state index contributed by atoms with van der Waals surface area (Å²) in [4.78, 5) is 66.0. The highest BCUT2D eigenvalue weighted by molar-refractivity contribution is 5.96. The molecule has 0 aliphatic heterocycles. The number of hydrogen-bond donors (Lipinski definition) is 6. The lowest BCUT2D eigenvalue weighted by Gasteiger charge is -2.28. The van der Waals surface area contributed by atoms with Gasteiger partial charge in [0, 0.05) is 12.8 Å². The second kappa shape index (κ2) is 18.7. The zero-order valence-corrected chi connectivity index (χ0v) is 28.2. The van der Waals surface area contributed by atoms with Crippen LogP contribution in [0, 0.1) is 23.6 Å². The first-order valence-electron chi connectivity index (χ1n) is 16.1. The van der Waals surface area contributed by atoms with Crippen LogP contribution in [0.1, 0.15) is 65.5 Å². The van der Waals surface area contributed by atoms with E-state index < -0.39 is 71.5 Å². The normalized spacial score (nSPS) is 14.5. The first-order chi connectivity index (χ1) is 22.1. The molecule has 11 nitrogen and oxygen atoms in total. The molecule has 5 atom stereocenters. The average molecular weight is 655 g/mol. The number of nitrogens with one attached hydrogen (secondary N) is 4. The SMILES string of the molecule is CC(C)C[C@@H](N)C(=O)N[C@H](Cc1ccccc1)C(=O)N[C@H](Cc1ccc(F)cc1)C(=O)N[C@@H](C(=O)N[C@H](CC(C)C)C(N)=O)C(C)C. The number of hydrogen-bond acceptors (Lipinski definition) is 6. The van der Waals surface area contributed by atoms with Crippen molar-refractivity contribution in [2.24, 2.45) is 29.2 Å². The van der Waals surface area contributed by atoms with Gasteiger partial charge in [-0.05, 0) is 53.9 Å². The lowest BCUT2D eigenvalue weighted by Crippen LogP contribution is -2.60. The predicted molar refractivity (Wildman–Crippen MR) is 179 cm³/mol. The van der Waals surface area contributed by atoms with E-state index in [1.807, 2.05) is 58.0 Å². The third-order valence-electron chi connectivity index (χ3n) is 7.58. The Morgan fingerprint density at radius 1 is 0.617 bits per heavy atom. The lowest BCUT2D eigenvalue weighted by molar-refractivity contribution is -0.135.